The third kappa shape index (κ3) is 4.75. The van der Waals surface area contributed by atoms with Gasteiger partial charge in [-0.25, -0.2) is 4.39 Å². The van der Waals surface area contributed by atoms with Gasteiger partial charge in [0.1, 0.15) is 23.9 Å². The highest BCUT2D eigenvalue weighted by atomic mass is 19.1. The van der Waals surface area contributed by atoms with Gasteiger partial charge in [-0.1, -0.05) is 18.2 Å². The van der Waals surface area contributed by atoms with E-state index < -0.39 is 0 Å². The minimum atomic E-state index is -0.341. The molecule has 3 heterocycles. The van der Waals surface area contributed by atoms with Crippen molar-refractivity contribution in [3.05, 3.63) is 90.1 Å². The van der Waals surface area contributed by atoms with Gasteiger partial charge in [0.05, 0.1) is 24.4 Å². The lowest BCUT2D eigenvalue weighted by Gasteiger charge is -2.37. The number of likely N-dealkylation sites (tertiary alicyclic amines) is 2. The molecule has 0 saturated carbocycles. The summed E-state index contributed by atoms with van der Waals surface area (Å²) >= 11 is 0. The fourth-order valence-corrected chi connectivity index (χ4v) is 4.97. The molecule has 1 aromatic heterocycles. The van der Waals surface area contributed by atoms with E-state index >= 15 is 0 Å². The second kappa shape index (κ2) is 9.81. The van der Waals surface area contributed by atoms with Crippen molar-refractivity contribution in [2.45, 2.75) is 25.0 Å². The largest absolute Gasteiger partial charge is 0.487 e. The number of carbonyl (C=O) groups is 2. The van der Waals surface area contributed by atoms with Crippen molar-refractivity contribution in [2.75, 3.05) is 26.2 Å². The first kappa shape index (κ1) is 22.3. The molecule has 0 bridgehead atoms. The fraction of sp³-hybridized carbons (Fsp3) is 0.333. The Balaban J connectivity index is 1.27. The van der Waals surface area contributed by atoms with Gasteiger partial charge in [-0.15, -0.1) is 0 Å². The number of para-hydroxylation sites is 1. The molecule has 0 unspecified atom stereocenters. The van der Waals surface area contributed by atoms with E-state index in [-0.39, 0.29) is 35.6 Å². The smallest absolute Gasteiger partial charge is 0.257 e. The molecule has 2 saturated heterocycles. The molecule has 5 rings (SSSR count). The van der Waals surface area contributed by atoms with Crippen LogP contribution in [0.25, 0.3) is 0 Å². The van der Waals surface area contributed by atoms with Gasteiger partial charge in [-0.3, -0.25) is 14.5 Å². The number of piperidine rings is 1. The van der Waals surface area contributed by atoms with E-state index in [1.165, 1.54) is 24.7 Å². The van der Waals surface area contributed by atoms with E-state index in [0.29, 0.717) is 24.2 Å². The van der Waals surface area contributed by atoms with Crippen LogP contribution in [0.2, 0.25) is 0 Å². The second-order valence-corrected chi connectivity index (χ2v) is 8.94. The number of halogens is 1. The topological polar surface area (TPSA) is 63.0 Å². The molecular formula is C27H27FN2O4. The molecule has 0 radical (unpaired) electrons. The Bertz CT molecular complexity index is 1110. The molecule has 0 N–H and O–H groups in total. The number of ketones is 1. The zero-order valence-corrected chi connectivity index (χ0v) is 18.8. The van der Waals surface area contributed by atoms with Crippen LogP contribution in [0.3, 0.4) is 0 Å². The van der Waals surface area contributed by atoms with E-state index in [1.807, 2.05) is 35.2 Å². The summed E-state index contributed by atoms with van der Waals surface area (Å²) in [5.74, 6) is 0.350. The van der Waals surface area contributed by atoms with Crippen LogP contribution in [0, 0.1) is 11.7 Å². The molecule has 2 aliphatic rings. The lowest BCUT2D eigenvalue weighted by Crippen LogP contribution is -2.49. The number of ether oxygens (including phenoxy) is 1. The molecule has 0 aliphatic carbocycles. The number of Topliss-reactive ketones (excluding diaryl/α,β-unsaturated/α-hetero) is 1. The van der Waals surface area contributed by atoms with Crippen LogP contribution in [0.15, 0.2) is 77.6 Å². The molecule has 3 aromatic rings. The van der Waals surface area contributed by atoms with Crippen molar-refractivity contribution in [1.29, 1.82) is 0 Å². The number of hydrogen-bond acceptors (Lipinski definition) is 5. The molecule has 0 spiro atoms. The van der Waals surface area contributed by atoms with Crippen molar-refractivity contribution in [3.8, 4) is 5.75 Å². The van der Waals surface area contributed by atoms with Crippen molar-refractivity contribution in [2.24, 2.45) is 5.92 Å². The molecule has 2 aliphatic heterocycles. The van der Waals surface area contributed by atoms with E-state index in [4.69, 9.17) is 9.15 Å². The standard InChI is InChI=1S/C27H27FN2O4/c28-22-8-6-19(7-9-22)26(31)20-10-13-29(14-11-20)24-16-30(27(32)21-12-15-33-18-21)17-25(24)34-23-4-2-1-3-5-23/h1-9,12,15,18,20,24-25H,10-11,13-14,16-17H2/t24-,25-/m0/s1. The van der Waals surface area contributed by atoms with Gasteiger partial charge in [-0.05, 0) is 68.4 Å². The first-order valence-electron chi connectivity index (χ1n) is 11.7. The first-order valence-corrected chi connectivity index (χ1v) is 11.7. The highest BCUT2D eigenvalue weighted by Crippen LogP contribution is 2.29. The minimum Gasteiger partial charge on any atom is -0.487 e. The first-order chi connectivity index (χ1) is 16.6. The summed E-state index contributed by atoms with van der Waals surface area (Å²) in [5.41, 5.74) is 1.09. The summed E-state index contributed by atoms with van der Waals surface area (Å²) in [6.45, 7) is 2.52. The van der Waals surface area contributed by atoms with Crippen molar-refractivity contribution in [3.63, 3.8) is 0 Å². The van der Waals surface area contributed by atoms with Crippen LogP contribution in [0.4, 0.5) is 4.39 Å². The summed E-state index contributed by atoms with van der Waals surface area (Å²) in [6, 6.07) is 17.1. The molecule has 176 valence electrons. The van der Waals surface area contributed by atoms with Gasteiger partial charge >= 0.3 is 0 Å². The number of benzene rings is 2. The lowest BCUT2D eigenvalue weighted by molar-refractivity contribution is 0.0619. The molecular weight excluding hydrogens is 435 g/mol. The maximum Gasteiger partial charge on any atom is 0.257 e. The summed E-state index contributed by atoms with van der Waals surface area (Å²) in [6.07, 6.45) is 4.24. The van der Waals surface area contributed by atoms with Gasteiger partial charge in [-0.2, -0.15) is 0 Å². The van der Waals surface area contributed by atoms with Crippen LogP contribution in [0.1, 0.15) is 33.6 Å². The van der Waals surface area contributed by atoms with E-state index in [2.05, 4.69) is 4.90 Å². The maximum atomic E-state index is 13.2. The quantitative estimate of drug-likeness (QED) is 0.512. The molecule has 7 heteroatoms. The number of carbonyl (C=O) groups excluding carboxylic acids is 2. The number of rotatable bonds is 6. The lowest BCUT2D eigenvalue weighted by atomic mass is 9.88. The third-order valence-electron chi connectivity index (χ3n) is 6.82. The van der Waals surface area contributed by atoms with Crippen LogP contribution < -0.4 is 4.74 Å². The van der Waals surface area contributed by atoms with Crippen molar-refractivity contribution < 1.29 is 23.1 Å². The van der Waals surface area contributed by atoms with Crippen LogP contribution in [0.5, 0.6) is 5.75 Å². The van der Waals surface area contributed by atoms with Gasteiger partial charge in [0.15, 0.2) is 5.78 Å². The average Bonchev–Trinajstić information content (AvgIpc) is 3.55. The summed E-state index contributed by atoms with van der Waals surface area (Å²) in [4.78, 5) is 30.0. The highest BCUT2D eigenvalue weighted by molar-refractivity contribution is 5.97. The Hall–Kier alpha value is -3.45. The SMILES string of the molecule is O=C(c1ccc(F)cc1)C1CCN([C@H]2CN(C(=O)c3ccoc3)C[C@@H]2Oc2ccccc2)CC1. The highest BCUT2D eigenvalue weighted by Gasteiger charge is 2.42. The van der Waals surface area contributed by atoms with Gasteiger partial charge < -0.3 is 14.1 Å². The monoisotopic (exact) mass is 462 g/mol. The summed E-state index contributed by atoms with van der Waals surface area (Å²) in [5, 5.41) is 0. The molecule has 6 nitrogen and oxygen atoms in total. The van der Waals surface area contributed by atoms with Gasteiger partial charge in [0.25, 0.3) is 5.91 Å². The Morgan fingerprint density at radius 1 is 0.912 bits per heavy atom. The van der Waals surface area contributed by atoms with E-state index in [1.54, 1.807) is 18.2 Å². The minimum absolute atomic E-state index is 0.0259. The summed E-state index contributed by atoms with van der Waals surface area (Å²) < 4.78 is 24.7. The molecule has 2 aromatic carbocycles. The predicted molar refractivity (Wildman–Crippen MR) is 124 cm³/mol. The van der Waals surface area contributed by atoms with Crippen molar-refractivity contribution in [1.82, 2.24) is 9.80 Å². The number of furan rings is 1. The Morgan fingerprint density at radius 3 is 2.32 bits per heavy atom. The number of hydrogen-bond donors (Lipinski definition) is 0. The molecule has 2 atom stereocenters. The van der Waals surface area contributed by atoms with Gasteiger partial charge in [0, 0.05) is 18.0 Å². The maximum absolute atomic E-state index is 13.2. The number of nitrogens with zero attached hydrogens (tertiary/aromatic N) is 2. The Morgan fingerprint density at radius 2 is 1.65 bits per heavy atom. The average molecular weight is 463 g/mol. The normalized spacial score (nSPS) is 21.5. The van der Waals surface area contributed by atoms with Crippen LogP contribution >= 0.6 is 0 Å². The van der Waals surface area contributed by atoms with E-state index in [9.17, 15) is 14.0 Å². The Labute approximate surface area is 197 Å². The summed E-state index contributed by atoms with van der Waals surface area (Å²) in [7, 11) is 0. The van der Waals surface area contributed by atoms with Crippen LogP contribution in [-0.4, -0.2) is 59.8 Å². The third-order valence-corrected chi connectivity index (χ3v) is 6.82. The Kier molecular flexibility index (Phi) is 6.45. The van der Waals surface area contributed by atoms with Gasteiger partial charge in [0.2, 0.25) is 0 Å². The predicted octanol–water partition coefficient (Wildman–Crippen LogP) is 4.29. The second-order valence-electron chi connectivity index (χ2n) is 8.94. The molecule has 2 fully saturated rings. The zero-order chi connectivity index (χ0) is 23.5. The van der Waals surface area contributed by atoms with Crippen molar-refractivity contribution >= 4 is 11.7 Å². The van der Waals surface area contributed by atoms with E-state index in [0.717, 1.165) is 31.7 Å². The van der Waals surface area contributed by atoms with Crippen LogP contribution in [-0.2, 0) is 0 Å². The fourth-order valence-electron chi connectivity index (χ4n) is 4.97. The molecule has 34 heavy (non-hydrogen) atoms. The zero-order valence-electron chi connectivity index (χ0n) is 18.8. The number of amides is 1. The molecule has 1 amide bonds.